The molecule has 1 aromatic carbocycles. The van der Waals surface area contributed by atoms with Crippen LogP contribution in [0.1, 0.15) is 18.4 Å². The minimum absolute atomic E-state index is 0.0417. The van der Waals surface area contributed by atoms with Crippen molar-refractivity contribution in [3.05, 3.63) is 48.0 Å². The number of rotatable bonds is 4. The first-order chi connectivity index (χ1) is 14.4. The third-order valence-electron chi connectivity index (χ3n) is 4.82. The summed E-state index contributed by atoms with van der Waals surface area (Å²) < 4.78 is 5.69. The lowest BCUT2D eigenvalue weighted by Gasteiger charge is -2.29. The number of nitrogens with zero attached hydrogens (tertiary/aromatic N) is 3. The van der Waals surface area contributed by atoms with E-state index in [2.05, 4.69) is 20.3 Å². The molecular weight excluding hydrogens is 386 g/mol. The third kappa shape index (κ3) is 3.82. The molecule has 0 unspecified atom stereocenters. The molecule has 3 aromatic rings. The quantitative estimate of drug-likeness (QED) is 0.612. The number of aromatic amines is 1. The summed E-state index contributed by atoms with van der Waals surface area (Å²) in [5.41, 5.74) is 4.60. The highest BCUT2D eigenvalue weighted by atomic mass is 16.5. The van der Waals surface area contributed by atoms with Gasteiger partial charge in [0.05, 0.1) is 30.2 Å². The summed E-state index contributed by atoms with van der Waals surface area (Å²) in [6.45, 7) is 4.39. The Morgan fingerprint density at radius 2 is 2.10 bits per heavy atom. The highest BCUT2D eigenvalue weighted by Crippen LogP contribution is 2.38. The highest BCUT2D eigenvalue weighted by molar-refractivity contribution is 5.95. The first-order valence-electron chi connectivity index (χ1n) is 9.46. The van der Waals surface area contributed by atoms with E-state index in [0.29, 0.717) is 36.1 Å². The third-order valence-corrected chi connectivity index (χ3v) is 4.82. The number of aryl methyl sites for hydroxylation is 1. The largest absolute Gasteiger partial charge is 0.490 e. The van der Waals surface area contributed by atoms with E-state index >= 15 is 0 Å². The molecule has 154 valence electrons. The maximum atomic E-state index is 12.1. The number of aromatic nitrogens is 3. The van der Waals surface area contributed by atoms with Crippen molar-refractivity contribution in [2.75, 3.05) is 18.1 Å². The fraction of sp³-hybridized carbons (Fsp3) is 0.238. The van der Waals surface area contributed by atoms with E-state index in [1.807, 2.05) is 37.3 Å². The molecule has 2 amide bonds. The first kappa shape index (κ1) is 19.4. The van der Waals surface area contributed by atoms with Gasteiger partial charge in [-0.25, -0.2) is 9.78 Å². The number of hydrogen-bond donors (Lipinski definition) is 3. The molecule has 9 nitrogen and oxygen atoms in total. The molecule has 0 fully saturated rings. The van der Waals surface area contributed by atoms with Gasteiger partial charge in [-0.2, -0.15) is 0 Å². The monoisotopic (exact) mass is 407 g/mol. The Morgan fingerprint density at radius 3 is 2.83 bits per heavy atom. The van der Waals surface area contributed by atoms with E-state index in [0.717, 1.165) is 22.5 Å². The van der Waals surface area contributed by atoms with Gasteiger partial charge in [0.15, 0.2) is 0 Å². The van der Waals surface area contributed by atoms with Crippen LogP contribution in [-0.4, -0.2) is 45.2 Å². The molecular formula is C21H21N5O4. The number of nitrogens with one attached hydrogen (secondary N) is 2. The number of carbonyl (C=O) groups excluding carboxylic acids is 1. The average Bonchev–Trinajstić information content (AvgIpc) is 3.15. The molecule has 30 heavy (non-hydrogen) atoms. The Labute approximate surface area is 172 Å². The molecule has 1 aliphatic rings. The number of hydrogen-bond acceptors (Lipinski definition) is 5. The van der Waals surface area contributed by atoms with Crippen molar-refractivity contribution in [3.8, 4) is 28.3 Å². The summed E-state index contributed by atoms with van der Waals surface area (Å²) in [5.74, 6) is 1.06. The van der Waals surface area contributed by atoms with Gasteiger partial charge in [0.1, 0.15) is 18.2 Å². The van der Waals surface area contributed by atoms with Gasteiger partial charge in [0, 0.05) is 29.9 Å². The van der Waals surface area contributed by atoms with E-state index in [1.165, 1.54) is 6.92 Å². The van der Waals surface area contributed by atoms with Crippen LogP contribution < -0.4 is 15.0 Å². The van der Waals surface area contributed by atoms with Gasteiger partial charge in [-0.05, 0) is 37.3 Å². The molecule has 0 radical (unpaired) electrons. The van der Waals surface area contributed by atoms with Gasteiger partial charge in [-0.15, -0.1) is 0 Å². The van der Waals surface area contributed by atoms with Crippen LogP contribution in [0.4, 0.5) is 10.5 Å². The van der Waals surface area contributed by atoms with Crippen LogP contribution in [-0.2, 0) is 11.3 Å². The van der Waals surface area contributed by atoms with Gasteiger partial charge in [0.25, 0.3) is 0 Å². The maximum absolute atomic E-state index is 12.1. The van der Waals surface area contributed by atoms with Gasteiger partial charge in [-0.3, -0.25) is 9.78 Å². The molecule has 3 N–H and O–H groups in total. The Morgan fingerprint density at radius 1 is 1.27 bits per heavy atom. The van der Waals surface area contributed by atoms with Crippen LogP contribution in [0.5, 0.6) is 5.75 Å². The molecule has 1 aliphatic heterocycles. The number of H-pyrrole nitrogens is 1. The van der Waals surface area contributed by atoms with Crippen molar-refractivity contribution in [2.24, 2.45) is 0 Å². The number of benzene rings is 1. The molecule has 0 saturated heterocycles. The lowest BCUT2D eigenvalue weighted by Crippen LogP contribution is -2.36. The van der Waals surface area contributed by atoms with Crippen molar-refractivity contribution in [2.45, 2.75) is 20.4 Å². The second kappa shape index (κ2) is 7.86. The molecule has 9 heteroatoms. The molecule has 0 atom stereocenters. The van der Waals surface area contributed by atoms with Gasteiger partial charge < -0.3 is 25.0 Å². The minimum atomic E-state index is -1.13. The molecule has 0 saturated carbocycles. The summed E-state index contributed by atoms with van der Waals surface area (Å²) in [5, 5.41) is 11.2. The SMILES string of the molecule is CC(=O)N1CCOc2ccc(-c3nc(CNC(=O)O)[nH]c3-c3ccnc(C)c3)cc21. The van der Waals surface area contributed by atoms with E-state index in [1.54, 1.807) is 11.1 Å². The van der Waals surface area contributed by atoms with E-state index in [9.17, 15) is 9.59 Å². The molecule has 0 spiro atoms. The number of pyridine rings is 1. The van der Waals surface area contributed by atoms with Crippen LogP contribution in [0.3, 0.4) is 0 Å². The van der Waals surface area contributed by atoms with Crippen LogP contribution >= 0.6 is 0 Å². The molecule has 4 rings (SSSR count). The fourth-order valence-electron chi connectivity index (χ4n) is 3.48. The number of ether oxygens (including phenoxy) is 1. The Balaban J connectivity index is 1.82. The fourth-order valence-corrected chi connectivity index (χ4v) is 3.48. The lowest BCUT2D eigenvalue weighted by molar-refractivity contribution is -0.116. The number of fused-ring (bicyclic) bond motifs is 1. The Kier molecular flexibility index (Phi) is 5.09. The van der Waals surface area contributed by atoms with Crippen LogP contribution in [0, 0.1) is 6.92 Å². The topological polar surface area (TPSA) is 120 Å². The van der Waals surface area contributed by atoms with Crippen molar-refractivity contribution in [3.63, 3.8) is 0 Å². The zero-order valence-electron chi connectivity index (χ0n) is 16.6. The predicted molar refractivity (Wildman–Crippen MR) is 110 cm³/mol. The summed E-state index contributed by atoms with van der Waals surface area (Å²) in [6.07, 6.45) is 0.583. The molecule has 0 bridgehead atoms. The molecule has 2 aromatic heterocycles. The lowest BCUT2D eigenvalue weighted by atomic mass is 10.0. The van der Waals surface area contributed by atoms with Crippen molar-refractivity contribution in [1.29, 1.82) is 0 Å². The van der Waals surface area contributed by atoms with Crippen molar-refractivity contribution >= 4 is 17.7 Å². The summed E-state index contributed by atoms with van der Waals surface area (Å²) in [7, 11) is 0. The standard InChI is InChI=1S/C21H21N5O4/c1-12-9-15(5-6-22-12)20-19(24-18(25-20)11-23-21(28)29)14-3-4-17-16(10-14)26(13(2)27)7-8-30-17/h3-6,9-10,23H,7-8,11H2,1-2H3,(H,24,25)(H,28,29). The van der Waals surface area contributed by atoms with Crippen LogP contribution in [0.2, 0.25) is 0 Å². The predicted octanol–water partition coefficient (Wildman–Crippen LogP) is 2.96. The second-order valence-corrected chi connectivity index (χ2v) is 6.95. The van der Waals surface area contributed by atoms with Gasteiger partial charge >= 0.3 is 6.09 Å². The summed E-state index contributed by atoms with van der Waals surface area (Å²) in [4.78, 5) is 36.7. The van der Waals surface area contributed by atoms with Gasteiger partial charge in [0.2, 0.25) is 5.91 Å². The number of carboxylic acid groups (broad SMARTS) is 1. The number of imidazole rings is 1. The summed E-state index contributed by atoms with van der Waals surface area (Å²) in [6, 6.07) is 9.37. The average molecular weight is 407 g/mol. The number of amides is 2. The number of anilines is 1. The molecule has 0 aliphatic carbocycles. The Hall–Kier alpha value is -3.88. The van der Waals surface area contributed by atoms with Crippen molar-refractivity contribution in [1.82, 2.24) is 20.3 Å². The summed E-state index contributed by atoms with van der Waals surface area (Å²) >= 11 is 0. The van der Waals surface area contributed by atoms with Crippen LogP contribution in [0.15, 0.2) is 36.5 Å². The normalized spacial score (nSPS) is 12.8. The van der Waals surface area contributed by atoms with Crippen molar-refractivity contribution < 1.29 is 19.4 Å². The zero-order valence-corrected chi connectivity index (χ0v) is 16.6. The van der Waals surface area contributed by atoms with E-state index < -0.39 is 6.09 Å². The smallest absolute Gasteiger partial charge is 0.405 e. The minimum Gasteiger partial charge on any atom is -0.490 e. The molecule has 3 heterocycles. The van der Waals surface area contributed by atoms with E-state index in [-0.39, 0.29) is 12.5 Å². The van der Waals surface area contributed by atoms with Crippen LogP contribution in [0.25, 0.3) is 22.5 Å². The zero-order chi connectivity index (χ0) is 21.3. The van der Waals surface area contributed by atoms with Gasteiger partial charge in [-0.1, -0.05) is 0 Å². The highest BCUT2D eigenvalue weighted by Gasteiger charge is 2.23. The maximum Gasteiger partial charge on any atom is 0.405 e. The number of carbonyl (C=O) groups is 2. The first-order valence-corrected chi connectivity index (χ1v) is 9.46. The second-order valence-electron chi connectivity index (χ2n) is 6.95. The van der Waals surface area contributed by atoms with E-state index in [4.69, 9.17) is 9.84 Å². The Bertz CT molecular complexity index is 1120.